The Kier molecular flexibility index (Phi) is 4.60. The van der Waals surface area contributed by atoms with Gasteiger partial charge in [0, 0.05) is 18.5 Å². The first-order valence-corrected chi connectivity index (χ1v) is 9.68. The Bertz CT molecular complexity index is 791. The number of nitrogens with zero attached hydrogens (tertiary/aromatic N) is 3. The molecule has 1 saturated heterocycles. The quantitative estimate of drug-likeness (QED) is 0.818. The number of benzene rings is 1. The zero-order valence-electron chi connectivity index (χ0n) is 13.8. The molecule has 3 rings (SSSR count). The first kappa shape index (κ1) is 16.9. The van der Waals surface area contributed by atoms with Crippen LogP contribution in [0.25, 0.3) is 0 Å². The van der Waals surface area contributed by atoms with Gasteiger partial charge in [0.15, 0.2) is 12.4 Å². The molecule has 1 aliphatic heterocycles. The normalized spacial score (nSPS) is 22.4. The molecule has 0 saturated carbocycles. The van der Waals surface area contributed by atoms with Crippen molar-refractivity contribution in [3.8, 4) is 5.75 Å². The molecule has 2 aromatic rings. The summed E-state index contributed by atoms with van der Waals surface area (Å²) in [5, 5.41) is 4.05. The highest BCUT2D eigenvalue weighted by atomic mass is 32.2. The van der Waals surface area contributed by atoms with Crippen LogP contribution in [0, 0.1) is 0 Å². The van der Waals surface area contributed by atoms with E-state index >= 15 is 0 Å². The van der Waals surface area contributed by atoms with Crippen molar-refractivity contribution in [1.82, 2.24) is 14.4 Å². The van der Waals surface area contributed by atoms with Crippen LogP contribution in [-0.4, -0.2) is 42.2 Å². The standard InChI is InChI=1S/C16H21N3O4S/c1-16(9-6-10-19(12-16)24(2,20)21)15-17-14(23-18-15)11-22-13-7-4-3-5-8-13/h3-5,7-8H,6,9-12H2,1-2H3. The van der Waals surface area contributed by atoms with Crippen LogP contribution in [-0.2, 0) is 22.0 Å². The first-order valence-electron chi connectivity index (χ1n) is 7.83. The molecule has 0 spiro atoms. The Morgan fingerprint density at radius 2 is 2.08 bits per heavy atom. The molecule has 1 aromatic heterocycles. The van der Waals surface area contributed by atoms with Crippen molar-refractivity contribution >= 4 is 10.0 Å². The van der Waals surface area contributed by atoms with Gasteiger partial charge in [-0.1, -0.05) is 30.3 Å². The Hall–Kier alpha value is -1.93. The topological polar surface area (TPSA) is 85.5 Å². The fourth-order valence-electron chi connectivity index (χ4n) is 2.88. The number of aromatic nitrogens is 2. The van der Waals surface area contributed by atoms with Gasteiger partial charge in [-0.3, -0.25) is 0 Å². The molecule has 0 radical (unpaired) electrons. The van der Waals surface area contributed by atoms with Crippen LogP contribution >= 0.6 is 0 Å². The highest BCUT2D eigenvalue weighted by molar-refractivity contribution is 7.88. The minimum atomic E-state index is -3.22. The lowest BCUT2D eigenvalue weighted by Gasteiger charge is -2.36. The molecule has 1 aliphatic rings. The van der Waals surface area contributed by atoms with E-state index < -0.39 is 15.4 Å². The van der Waals surface area contributed by atoms with Gasteiger partial charge in [0.2, 0.25) is 10.0 Å². The number of piperidine rings is 1. The average Bonchev–Trinajstić information content (AvgIpc) is 3.03. The van der Waals surface area contributed by atoms with Gasteiger partial charge in [0.1, 0.15) is 5.75 Å². The fourth-order valence-corrected chi connectivity index (χ4v) is 3.86. The number of sulfonamides is 1. The molecule has 1 atom stereocenters. The second-order valence-corrected chi connectivity index (χ2v) is 8.36. The number of hydrogen-bond acceptors (Lipinski definition) is 6. The third kappa shape index (κ3) is 3.76. The Labute approximate surface area is 141 Å². The third-order valence-electron chi connectivity index (χ3n) is 4.24. The van der Waals surface area contributed by atoms with E-state index in [4.69, 9.17) is 9.26 Å². The molecule has 0 bridgehead atoms. The third-order valence-corrected chi connectivity index (χ3v) is 5.49. The molecule has 0 aliphatic carbocycles. The highest BCUT2D eigenvalue weighted by Crippen LogP contribution is 2.32. The van der Waals surface area contributed by atoms with Crippen LogP contribution in [0.3, 0.4) is 0 Å². The van der Waals surface area contributed by atoms with Crippen LogP contribution in [0.5, 0.6) is 5.75 Å². The van der Waals surface area contributed by atoms with E-state index in [1.165, 1.54) is 10.6 Å². The van der Waals surface area contributed by atoms with Gasteiger partial charge >= 0.3 is 0 Å². The molecule has 130 valence electrons. The summed E-state index contributed by atoms with van der Waals surface area (Å²) in [7, 11) is -3.22. The van der Waals surface area contributed by atoms with Crippen molar-refractivity contribution in [3.05, 3.63) is 42.0 Å². The monoisotopic (exact) mass is 351 g/mol. The molecular weight excluding hydrogens is 330 g/mol. The minimum Gasteiger partial charge on any atom is -0.484 e. The maximum absolute atomic E-state index is 11.8. The number of para-hydroxylation sites is 1. The molecule has 0 amide bonds. The summed E-state index contributed by atoms with van der Waals surface area (Å²) in [4.78, 5) is 4.41. The van der Waals surface area contributed by atoms with E-state index in [1.54, 1.807) is 0 Å². The van der Waals surface area contributed by atoms with E-state index in [-0.39, 0.29) is 6.61 Å². The van der Waals surface area contributed by atoms with E-state index in [1.807, 2.05) is 37.3 Å². The zero-order valence-corrected chi connectivity index (χ0v) is 14.6. The van der Waals surface area contributed by atoms with Gasteiger partial charge in [0.05, 0.1) is 6.26 Å². The highest BCUT2D eigenvalue weighted by Gasteiger charge is 2.39. The van der Waals surface area contributed by atoms with Crippen molar-refractivity contribution < 1.29 is 17.7 Å². The lowest BCUT2D eigenvalue weighted by atomic mass is 9.82. The Balaban J connectivity index is 1.70. The summed E-state index contributed by atoms with van der Waals surface area (Å²) in [5.74, 6) is 1.64. The smallest absolute Gasteiger partial charge is 0.264 e. The largest absolute Gasteiger partial charge is 0.484 e. The molecular formula is C16H21N3O4S. The minimum absolute atomic E-state index is 0.183. The molecule has 1 fully saturated rings. The lowest BCUT2D eigenvalue weighted by molar-refractivity contribution is 0.222. The average molecular weight is 351 g/mol. The van der Waals surface area contributed by atoms with Crippen LogP contribution < -0.4 is 4.74 Å². The van der Waals surface area contributed by atoms with Gasteiger partial charge in [-0.2, -0.15) is 4.98 Å². The summed E-state index contributed by atoms with van der Waals surface area (Å²) in [5.41, 5.74) is -0.449. The van der Waals surface area contributed by atoms with E-state index in [9.17, 15) is 8.42 Å². The van der Waals surface area contributed by atoms with Gasteiger partial charge in [-0.05, 0) is 25.0 Å². The lowest BCUT2D eigenvalue weighted by Crippen LogP contribution is -2.47. The molecule has 2 heterocycles. The van der Waals surface area contributed by atoms with E-state index in [0.717, 1.165) is 18.6 Å². The van der Waals surface area contributed by atoms with Gasteiger partial charge in [-0.25, -0.2) is 12.7 Å². The summed E-state index contributed by atoms with van der Waals surface area (Å²) in [6, 6.07) is 9.39. The van der Waals surface area contributed by atoms with Crippen molar-refractivity contribution in [2.45, 2.75) is 31.8 Å². The van der Waals surface area contributed by atoms with Crippen LogP contribution in [0.2, 0.25) is 0 Å². The maximum atomic E-state index is 11.8. The SMILES string of the molecule is CC1(c2noc(COc3ccccc3)n2)CCCN(S(C)(=O)=O)C1. The second-order valence-electron chi connectivity index (χ2n) is 6.37. The molecule has 24 heavy (non-hydrogen) atoms. The zero-order chi connectivity index (χ0) is 17.2. The van der Waals surface area contributed by atoms with E-state index in [2.05, 4.69) is 10.1 Å². The Morgan fingerprint density at radius 1 is 1.33 bits per heavy atom. The second kappa shape index (κ2) is 6.52. The van der Waals surface area contributed by atoms with Crippen molar-refractivity contribution in [2.24, 2.45) is 0 Å². The molecule has 7 nitrogen and oxygen atoms in total. The summed E-state index contributed by atoms with van der Waals surface area (Å²) in [6.45, 7) is 3.06. The van der Waals surface area contributed by atoms with Crippen LogP contribution in [0.1, 0.15) is 31.5 Å². The predicted octanol–water partition coefficient (Wildman–Crippen LogP) is 1.96. The molecule has 1 unspecified atom stereocenters. The summed E-state index contributed by atoms with van der Waals surface area (Å²) in [6.07, 6.45) is 2.82. The van der Waals surface area contributed by atoms with Crippen LogP contribution in [0.4, 0.5) is 0 Å². The number of hydrogen-bond donors (Lipinski definition) is 0. The number of rotatable bonds is 5. The first-order chi connectivity index (χ1) is 11.4. The van der Waals surface area contributed by atoms with Crippen molar-refractivity contribution in [3.63, 3.8) is 0 Å². The summed E-state index contributed by atoms with van der Waals surface area (Å²) >= 11 is 0. The summed E-state index contributed by atoms with van der Waals surface area (Å²) < 4.78 is 36.0. The fraction of sp³-hybridized carbons (Fsp3) is 0.500. The predicted molar refractivity (Wildman–Crippen MR) is 88.1 cm³/mol. The van der Waals surface area contributed by atoms with Crippen molar-refractivity contribution in [1.29, 1.82) is 0 Å². The number of ether oxygens (including phenoxy) is 1. The maximum Gasteiger partial charge on any atom is 0.264 e. The molecule has 0 N–H and O–H groups in total. The van der Waals surface area contributed by atoms with Crippen molar-refractivity contribution in [2.75, 3.05) is 19.3 Å². The molecule has 8 heteroatoms. The van der Waals surface area contributed by atoms with Gasteiger partial charge < -0.3 is 9.26 Å². The van der Waals surface area contributed by atoms with E-state index in [0.29, 0.717) is 24.8 Å². The molecule has 1 aromatic carbocycles. The van der Waals surface area contributed by atoms with Crippen LogP contribution in [0.15, 0.2) is 34.9 Å². The van der Waals surface area contributed by atoms with Gasteiger partial charge in [-0.15, -0.1) is 0 Å². The van der Waals surface area contributed by atoms with Gasteiger partial charge in [0.25, 0.3) is 5.89 Å². The Morgan fingerprint density at radius 3 is 2.79 bits per heavy atom.